The summed E-state index contributed by atoms with van der Waals surface area (Å²) in [7, 11) is 0. The van der Waals surface area contributed by atoms with Crippen LogP contribution in [0.5, 0.6) is 0 Å². The Labute approximate surface area is 113 Å². The number of hydrogen-bond acceptors (Lipinski definition) is 4. The Hall–Kier alpha value is -1.14. The predicted molar refractivity (Wildman–Crippen MR) is 68.4 cm³/mol. The van der Waals surface area contributed by atoms with E-state index >= 15 is 0 Å². The van der Waals surface area contributed by atoms with Crippen molar-refractivity contribution in [1.29, 1.82) is 0 Å². The maximum absolute atomic E-state index is 12.4. The molecular weight excluding hydrogens is 248 g/mol. The van der Waals surface area contributed by atoms with Gasteiger partial charge in [0.05, 0.1) is 24.7 Å². The lowest BCUT2D eigenvalue weighted by Crippen LogP contribution is -2.52. The number of likely N-dealkylation sites (tertiary alicyclic amines) is 1. The Morgan fingerprint density at radius 2 is 2.16 bits per heavy atom. The number of aliphatic hydroxyl groups is 1. The monoisotopic (exact) mass is 270 g/mol. The maximum atomic E-state index is 12.4. The molecule has 0 bridgehead atoms. The molecule has 0 saturated carbocycles. The lowest BCUT2D eigenvalue weighted by atomic mass is 10.1. The molecule has 108 valence electrons. The third-order valence-electron chi connectivity index (χ3n) is 3.79. The number of carbonyl (C=O) groups excluding carboxylic acids is 2. The van der Waals surface area contributed by atoms with Gasteiger partial charge in [0.25, 0.3) is 0 Å². The number of rotatable bonds is 3. The molecule has 19 heavy (non-hydrogen) atoms. The maximum Gasteiger partial charge on any atom is 0.228 e. The summed E-state index contributed by atoms with van der Waals surface area (Å²) in [6.07, 6.45) is -0.0799. The first kappa shape index (κ1) is 14.3. The Balaban J connectivity index is 1.98. The molecule has 0 aromatic heterocycles. The van der Waals surface area contributed by atoms with Crippen LogP contribution in [0.15, 0.2) is 0 Å². The molecule has 6 nitrogen and oxygen atoms in total. The second-order valence-corrected chi connectivity index (χ2v) is 5.33. The Morgan fingerprint density at radius 1 is 1.42 bits per heavy atom. The normalized spacial score (nSPS) is 31.9. The topological polar surface area (TPSA) is 70.1 Å². The van der Waals surface area contributed by atoms with Crippen LogP contribution in [0.25, 0.3) is 0 Å². The van der Waals surface area contributed by atoms with E-state index in [9.17, 15) is 14.7 Å². The first-order chi connectivity index (χ1) is 9.05. The molecule has 0 radical (unpaired) electrons. The largest absolute Gasteiger partial charge is 0.394 e. The molecule has 1 N–H and O–H groups in total. The Kier molecular flexibility index (Phi) is 4.42. The summed E-state index contributed by atoms with van der Waals surface area (Å²) in [5, 5.41) is 9.17. The van der Waals surface area contributed by atoms with Crippen LogP contribution in [0.1, 0.15) is 20.3 Å². The molecule has 0 spiro atoms. The molecule has 0 aromatic carbocycles. The van der Waals surface area contributed by atoms with E-state index in [1.54, 1.807) is 9.80 Å². The van der Waals surface area contributed by atoms with E-state index in [0.717, 1.165) is 0 Å². The van der Waals surface area contributed by atoms with E-state index in [4.69, 9.17) is 4.74 Å². The zero-order chi connectivity index (χ0) is 14.0. The first-order valence-electron chi connectivity index (χ1n) is 6.88. The van der Waals surface area contributed by atoms with Crippen LogP contribution >= 0.6 is 0 Å². The van der Waals surface area contributed by atoms with Crippen LogP contribution in [0, 0.1) is 5.92 Å². The average Bonchev–Trinajstić information content (AvgIpc) is 2.78. The highest BCUT2D eigenvalue weighted by Crippen LogP contribution is 2.22. The van der Waals surface area contributed by atoms with Crippen molar-refractivity contribution in [2.45, 2.75) is 32.5 Å². The molecule has 2 fully saturated rings. The minimum absolute atomic E-state index is 0.0119. The van der Waals surface area contributed by atoms with E-state index in [-0.39, 0.29) is 36.5 Å². The molecule has 2 heterocycles. The van der Waals surface area contributed by atoms with Crippen LogP contribution in [0.4, 0.5) is 0 Å². The van der Waals surface area contributed by atoms with Crippen molar-refractivity contribution >= 4 is 11.8 Å². The van der Waals surface area contributed by atoms with E-state index in [2.05, 4.69) is 0 Å². The molecule has 2 aliphatic heterocycles. The number of amides is 2. The van der Waals surface area contributed by atoms with Crippen molar-refractivity contribution < 1.29 is 19.4 Å². The van der Waals surface area contributed by atoms with Gasteiger partial charge >= 0.3 is 0 Å². The third kappa shape index (κ3) is 3.06. The lowest BCUT2D eigenvalue weighted by molar-refractivity contribution is -0.151. The number of morpholine rings is 1. The van der Waals surface area contributed by atoms with E-state index < -0.39 is 0 Å². The van der Waals surface area contributed by atoms with Crippen LogP contribution in [0.2, 0.25) is 0 Å². The first-order valence-corrected chi connectivity index (χ1v) is 6.88. The molecule has 3 atom stereocenters. The second-order valence-electron chi connectivity index (χ2n) is 5.33. The summed E-state index contributed by atoms with van der Waals surface area (Å²) in [4.78, 5) is 27.5. The van der Waals surface area contributed by atoms with Crippen molar-refractivity contribution in [1.82, 2.24) is 9.80 Å². The molecule has 0 aromatic rings. The summed E-state index contributed by atoms with van der Waals surface area (Å²) in [6.45, 7) is 5.84. The standard InChI is InChI=1S/C13H22N2O4/c1-3-14-6-10(4-12(14)17)13(18)15-5-9(2)19-11(7-15)8-16/h9-11,16H,3-8H2,1-2H3. The predicted octanol–water partition coefficient (Wildman–Crippen LogP) is -0.537. The van der Waals surface area contributed by atoms with Gasteiger partial charge in [-0.05, 0) is 13.8 Å². The molecule has 2 saturated heterocycles. The Morgan fingerprint density at radius 3 is 2.74 bits per heavy atom. The van der Waals surface area contributed by atoms with Gasteiger partial charge in [-0.2, -0.15) is 0 Å². The van der Waals surface area contributed by atoms with Crippen molar-refractivity contribution in [3.63, 3.8) is 0 Å². The van der Waals surface area contributed by atoms with Crippen LogP contribution < -0.4 is 0 Å². The van der Waals surface area contributed by atoms with E-state index in [1.807, 2.05) is 13.8 Å². The summed E-state index contributed by atoms with van der Waals surface area (Å²) in [6, 6.07) is 0. The van der Waals surface area contributed by atoms with Crippen molar-refractivity contribution in [2.24, 2.45) is 5.92 Å². The molecule has 2 aliphatic rings. The van der Waals surface area contributed by atoms with Gasteiger partial charge in [-0.1, -0.05) is 0 Å². The average molecular weight is 270 g/mol. The fourth-order valence-electron chi connectivity index (χ4n) is 2.83. The second kappa shape index (κ2) is 5.88. The van der Waals surface area contributed by atoms with Gasteiger partial charge in [-0.15, -0.1) is 0 Å². The summed E-state index contributed by atoms with van der Waals surface area (Å²) in [5.41, 5.74) is 0. The van der Waals surface area contributed by atoms with Gasteiger partial charge < -0.3 is 19.6 Å². The fraction of sp³-hybridized carbons (Fsp3) is 0.846. The van der Waals surface area contributed by atoms with Gasteiger partial charge in [-0.25, -0.2) is 0 Å². The minimum Gasteiger partial charge on any atom is -0.394 e. The van der Waals surface area contributed by atoms with Gasteiger partial charge in [0.15, 0.2) is 0 Å². The zero-order valence-electron chi connectivity index (χ0n) is 11.5. The van der Waals surface area contributed by atoms with Crippen molar-refractivity contribution in [2.75, 3.05) is 32.8 Å². The summed E-state index contributed by atoms with van der Waals surface area (Å²) in [5.74, 6) is -0.171. The number of aliphatic hydroxyl groups excluding tert-OH is 1. The highest BCUT2D eigenvalue weighted by Gasteiger charge is 2.38. The molecule has 2 amide bonds. The zero-order valence-corrected chi connectivity index (χ0v) is 11.5. The summed E-state index contributed by atoms with van der Waals surface area (Å²) < 4.78 is 5.52. The van der Waals surface area contributed by atoms with Crippen LogP contribution in [-0.4, -0.2) is 71.7 Å². The van der Waals surface area contributed by atoms with Crippen LogP contribution in [-0.2, 0) is 14.3 Å². The number of ether oxygens (including phenoxy) is 1. The highest BCUT2D eigenvalue weighted by atomic mass is 16.5. The Bertz CT molecular complexity index is 361. The smallest absolute Gasteiger partial charge is 0.228 e. The van der Waals surface area contributed by atoms with E-state index in [0.29, 0.717) is 32.6 Å². The van der Waals surface area contributed by atoms with Gasteiger partial charge in [0.1, 0.15) is 0 Å². The van der Waals surface area contributed by atoms with Crippen molar-refractivity contribution in [3.8, 4) is 0 Å². The quantitative estimate of drug-likeness (QED) is 0.748. The SMILES string of the molecule is CCN1CC(C(=O)N2CC(C)OC(CO)C2)CC1=O. The van der Waals surface area contributed by atoms with E-state index in [1.165, 1.54) is 0 Å². The molecule has 2 rings (SSSR count). The third-order valence-corrected chi connectivity index (χ3v) is 3.79. The molecule has 0 aliphatic carbocycles. The van der Waals surface area contributed by atoms with Gasteiger partial charge in [0.2, 0.25) is 11.8 Å². The van der Waals surface area contributed by atoms with Gasteiger partial charge in [-0.3, -0.25) is 9.59 Å². The summed E-state index contributed by atoms with van der Waals surface area (Å²) >= 11 is 0. The number of hydrogen-bond donors (Lipinski definition) is 1. The fourth-order valence-corrected chi connectivity index (χ4v) is 2.83. The lowest BCUT2D eigenvalue weighted by Gasteiger charge is -2.37. The van der Waals surface area contributed by atoms with Crippen molar-refractivity contribution in [3.05, 3.63) is 0 Å². The van der Waals surface area contributed by atoms with Gasteiger partial charge in [0, 0.05) is 32.6 Å². The highest BCUT2D eigenvalue weighted by molar-refractivity contribution is 5.89. The number of carbonyl (C=O) groups is 2. The number of nitrogens with zero attached hydrogens (tertiary/aromatic N) is 2. The molecule has 6 heteroatoms. The minimum atomic E-state index is -0.313. The molecular formula is C13H22N2O4. The molecule has 3 unspecified atom stereocenters. The van der Waals surface area contributed by atoms with Crippen LogP contribution in [0.3, 0.4) is 0 Å².